The molecule has 0 spiro atoms. The lowest BCUT2D eigenvalue weighted by Crippen LogP contribution is -2.51. The van der Waals surface area contributed by atoms with Crippen LogP contribution in [-0.4, -0.2) is 32.9 Å². The Morgan fingerprint density at radius 3 is 3.00 bits per heavy atom. The van der Waals surface area contributed by atoms with E-state index in [0.717, 1.165) is 30.1 Å². The van der Waals surface area contributed by atoms with E-state index < -0.39 is 5.54 Å². The van der Waals surface area contributed by atoms with Crippen molar-refractivity contribution in [2.75, 3.05) is 13.1 Å². The van der Waals surface area contributed by atoms with Crippen LogP contribution in [0.25, 0.3) is 5.65 Å². The van der Waals surface area contributed by atoms with Gasteiger partial charge in [-0.3, -0.25) is 4.90 Å². The minimum absolute atomic E-state index is 0.467. The van der Waals surface area contributed by atoms with Gasteiger partial charge in [-0.15, -0.1) is 0 Å². The first kappa shape index (κ1) is 15.1. The molecule has 3 rings (SSSR count). The Morgan fingerprint density at radius 1 is 1.45 bits per heavy atom. The third-order valence-electron chi connectivity index (χ3n) is 4.94. The van der Waals surface area contributed by atoms with E-state index in [2.05, 4.69) is 34.2 Å². The van der Waals surface area contributed by atoms with Crippen LogP contribution < -0.4 is 0 Å². The molecular weight excluding hydrogens is 272 g/mol. The largest absolute Gasteiger partial charge is 0.304 e. The van der Waals surface area contributed by atoms with Crippen LogP contribution >= 0.6 is 0 Å². The van der Waals surface area contributed by atoms with Gasteiger partial charge < -0.3 is 4.40 Å². The third-order valence-corrected chi connectivity index (χ3v) is 4.94. The summed E-state index contributed by atoms with van der Waals surface area (Å²) in [6.07, 6.45) is 5.21. The molecule has 0 bridgehead atoms. The Kier molecular flexibility index (Phi) is 3.92. The van der Waals surface area contributed by atoms with Crippen molar-refractivity contribution >= 4 is 5.65 Å². The molecule has 2 aromatic heterocycles. The zero-order chi connectivity index (χ0) is 15.7. The Hall–Kier alpha value is -1.86. The number of fused-ring (bicyclic) bond motifs is 1. The number of aromatic nitrogens is 2. The van der Waals surface area contributed by atoms with Gasteiger partial charge in [-0.25, -0.2) is 4.98 Å². The zero-order valence-electron chi connectivity index (χ0n) is 13.7. The van der Waals surface area contributed by atoms with Gasteiger partial charge in [0, 0.05) is 24.9 Å². The monoisotopic (exact) mass is 296 g/mol. The smallest absolute Gasteiger partial charge is 0.137 e. The van der Waals surface area contributed by atoms with Gasteiger partial charge in [-0.2, -0.15) is 5.26 Å². The maximum Gasteiger partial charge on any atom is 0.137 e. The molecule has 0 aromatic carbocycles. The minimum atomic E-state index is -0.467. The number of imidazole rings is 1. The van der Waals surface area contributed by atoms with Crippen LogP contribution in [0.1, 0.15) is 38.1 Å². The Morgan fingerprint density at radius 2 is 2.27 bits per heavy atom. The van der Waals surface area contributed by atoms with Crippen LogP contribution in [0.2, 0.25) is 0 Å². The van der Waals surface area contributed by atoms with Gasteiger partial charge in [-0.1, -0.05) is 13.0 Å². The molecule has 4 nitrogen and oxygen atoms in total. The first-order valence-electron chi connectivity index (χ1n) is 8.12. The van der Waals surface area contributed by atoms with Crippen molar-refractivity contribution in [1.82, 2.24) is 14.3 Å². The average Bonchev–Trinajstić information content (AvgIpc) is 2.83. The molecule has 0 amide bonds. The summed E-state index contributed by atoms with van der Waals surface area (Å²) in [4.78, 5) is 6.99. The molecule has 4 heteroatoms. The van der Waals surface area contributed by atoms with E-state index in [4.69, 9.17) is 0 Å². The number of nitriles is 1. The molecule has 116 valence electrons. The second-order valence-corrected chi connectivity index (χ2v) is 6.83. The number of hydrogen-bond donors (Lipinski definition) is 0. The maximum absolute atomic E-state index is 9.86. The summed E-state index contributed by atoms with van der Waals surface area (Å²) >= 11 is 0. The molecule has 3 heterocycles. The fourth-order valence-electron chi connectivity index (χ4n) is 3.56. The van der Waals surface area contributed by atoms with Gasteiger partial charge in [0.25, 0.3) is 0 Å². The molecule has 2 atom stereocenters. The van der Waals surface area contributed by atoms with Crippen molar-refractivity contribution in [2.24, 2.45) is 5.92 Å². The lowest BCUT2D eigenvalue weighted by molar-refractivity contribution is 0.0950. The second-order valence-electron chi connectivity index (χ2n) is 6.83. The third kappa shape index (κ3) is 2.62. The molecule has 0 radical (unpaired) electrons. The Labute approximate surface area is 132 Å². The van der Waals surface area contributed by atoms with Gasteiger partial charge >= 0.3 is 0 Å². The predicted molar refractivity (Wildman–Crippen MR) is 87.6 cm³/mol. The van der Waals surface area contributed by atoms with Crippen molar-refractivity contribution in [3.63, 3.8) is 0 Å². The van der Waals surface area contributed by atoms with Gasteiger partial charge in [0.2, 0.25) is 0 Å². The lowest BCUT2D eigenvalue weighted by Gasteiger charge is -2.40. The number of piperidine rings is 1. The molecule has 0 saturated carbocycles. The fraction of sp³-hybridized carbons (Fsp3) is 0.556. The highest BCUT2D eigenvalue weighted by atomic mass is 15.2. The molecule has 1 saturated heterocycles. The van der Waals surface area contributed by atoms with Gasteiger partial charge in [-0.05, 0) is 51.3 Å². The quantitative estimate of drug-likeness (QED) is 0.873. The van der Waals surface area contributed by atoms with Crippen LogP contribution in [0, 0.1) is 24.2 Å². The molecule has 1 aliphatic rings. The summed E-state index contributed by atoms with van der Waals surface area (Å²) in [6.45, 7) is 8.43. The number of likely N-dealkylation sites (tertiary alicyclic amines) is 1. The van der Waals surface area contributed by atoms with Crippen LogP contribution in [0.3, 0.4) is 0 Å². The lowest BCUT2D eigenvalue weighted by atomic mass is 9.89. The first-order valence-corrected chi connectivity index (χ1v) is 8.12. The summed E-state index contributed by atoms with van der Waals surface area (Å²) in [7, 11) is 0. The van der Waals surface area contributed by atoms with Gasteiger partial charge in [0.15, 0.2) is 0 Å². The van der Waals surface area contributed by atoms with Crippen LogP contribution in [0.5, 0.6) is 0 Å². The van der Waals surface area contributed by atoms with Crippen molar-refractivity contribution in [1.29, 1.82) is 5.26 Å². The number of aryl methyl sites for hydroxylation is 1. The van der Waals surface area contributed by atoms with Crippen molar-refractivity contribution in [3.05, 3.63) is 35.8 Å². The Bertz CT molecular complexity index is 711. The molecule has 1 fully saturated rings. The van der Waals surface area contributed by atoms with Crippen molar-refractivity contribution in [3.8, 4) is 6.07 Å². The molecular formula is C18H24N4. The van der Waals surface area contributed by atoms with Crippen LogP contribution in [0.15, 0.2) is 24.4 Å². The standard InChI is InChI=1S/C18H24N4/c1-14-7-6-9-21(12-14)18(3,13-19)11-16-15(2)20-17-8-4-5-10-22(16)17/h4-5,8,10,14H,6-7,9,11-12H2,1-3H3. The van der Waals surface area contributed by atoms with Crippen molar-refractivity contribution < 1.29 is 0 Å². The predicted octanol–water partition coefficient (Wildman–Crippen LogP) is 3.20. The maximum atomic E-state index is 9.86. The summed E-state index contributed by atoms with van der Waals surface area (Å²) in [6, 6.07) is 8.62. The number of hydrogen-bond acceptors (Lipinski definition) is 3. The molecule has 2 aromatic rings. The summed E-state index contributed by atoms with van der Waals surface area (Å²) < 4.78 is 2.12. The normalized spacial score (nSPS) is 22.4. The molecule has 0 aliphatic carbocycles. The zero-order valence-corrected chi connectivity index (χ0v) is 13.7. The SMILES string of the molecule is Cc1nc2ccccn2c1CC(C)(C#N)N1CCCC(C)C1. The van der Waals surface area contributed by atoms with Crippen molar-refractivity contribution in [2.45, 2.75) is 45.6 Å². The first-order chi connectivity index (χ1) is 10.5. The second kappa shape index (κ2) is 5.73. The van der Waals surface area contributed by atoms with E-state index in [0.29, 0.717) is 12.3 Å². The highest BCUT2D eigenvalue weighted by molar-refractivity contribution is 5.43. The van der Waals surface area contributed by atoms with E-state index in [1.807, 2.05) is 31.3 Å². The summed E-state index contributed by atoms with van der Waals surface area (Å²) in [5.41, 5.74) is 2.67. The fourth-order valence-corrected chi connectivity index (χ4v) is 3.56. The molecule has 2 unspecified atom stereocenters. The van der Waals surface area contributed by atoms with Gasteiger partial charge in [0.05, 0.1) is 11.8 Å². The molecule has 22 heavy (non-hydrogen) atoms. The molecule has 1 aliphatic heterocycles. The van der Waals surface area contributed by atoms with Gasteiger partial charge in [0.1, 0.15) is 11.2 Å². The number of rotatable bonds is 3. The highest BCUT2D eigenvalue weighted by Gasteiger charge is 2.36. The number of pyridine rings is 1. The molecule has 0 N–H and O–H groups in total. The summed E-state index contributed by atoms with van der Waals surface area (Å²) in [5, 5.41) is 9.86. The average molecular weight is 296 g/mol. The van der Waals surface area contributed by atoms with Crippen LogP contribution in [-0.2, 0) is 6.42 Å². The van der Waals surface area contributed by atoms with E-state index in [1.165, 1.54) is 12.8 Å². The summed E-state index contributed by atoms with van der Waals surface area (Å²) in [5.74, 6) is 0.671. The van der Waals surface area contributed by atoms with E-state index >= 15 is 0 Å². The minimum Gasteiger partial charge on any atom is -0.304 e. The van der Waals surface area contributed by atoms with E-state index in [1.54, 1.807) is 0 Å². The Balaban J connectivity index is 1.94. The van der Waals surface area contributed by atoms with E-state index in [-0.39, 0.29) is 0 Å². The number of nitrogens with zero attached hydrogens (tertiary/aromatic N) is 4. The van der Waals surface area contributed by atoms with E-state index in [9.17, 15) is 5.26 Å². The topological polar surface area (TPSA) is 44.3 Å². The highest BCUT2D eigenvalue weighted by Crippen LogP contribution is 2.28. The van der Waals surface area contributed by atoms with Crippen LogP contribution in [0.4, 0.5) is 0 Å².